The van der Waals surface area contributed by atoms with Crippen molar-refractivity contribution in [2.75, 3.05) is 20.2 Å². The lowest BCUT2D eigenvalue weighted by molar-refractivity contribution is 0.0914. The second-order valence-electron chi connectivity index (χ2n) is 4.38. The number of hydrogen-bond donors (Lipinski definition) is 2. The third-order valence-electron chi connectivity index (χ3n) is 2.81. The first-order valence-electron chi connectivity index (χ1n) is 6.62. The van der Waals surface area contributed by atoms with E-state index in [0.717, 1.165) is 0 Å². The number of hydrogen-bond acceptors (Lipinski definition) is 5. The zero-order chi connectivity index (χ0) is 16.9. The van der Waals surface area contributed by atoms with E-state index in [-0.39, 0.29) is 29.8 Å². The Morgan fingerprint density at radius 3 is 2.57 bits per heavy atom. The molecule has 0 aliphatic heterocycles. The first-order chi connectivity index (χ1) is 10.9. The van der Waals surface area contributed by atoms with Gasteiger partial charge in [-0.1, -0.05) is 0 Å². The van der Waals surface area contributed by atoms with E-state index in [1.807, 2.05) is 0 Å². The molecule has 1 aromatic heterocycles. The zero-order valence-electron chi connectivity index (χ0n) is 12.2. The summed E-state index contributed by atoms with van der Waals surface area (Å²) in [5, 5.41) is 2.18. The molecule has 0 unspecified atom stereocenters. The summed E-state index contributed by atoms with van der Waals surface area (Å²) in [7, 11) is -2.49. The van der Waals surface area contributed by atoms with Crippen LogP contribution in [0.3, 0.4) is 0 Å². The van der Waals surface area contributed by atoms with E-state index in [2.05, 4.69) is 10.0 Å². The molecular formula is C14H15FN2O5S. The molecule has 0 atom stereocenters. The van der Waals surface area contributed by atoms with Gasteiger partial charge in [0.25, 0.3) is 15.9 Å². The Labute approximate surface area is 132 Å². The van der Waals surface area contributed by atoms with Gasteiger partial charge in [-0.25, -0.2) is 17.5 Å². The van der Waals surface area contributed by atoms with Gasteiger partial charge in [-0.3, -0.25) is 4.79 Å². The number of carbonyl (C=O) groups excluding carboxylic acids is 1. The highest BCUT2D eigenvalue weighted by molar-refractivity contribution is 7.89. The van der Waals surface area contributed by atoms with Crippen LogP contribution in [-0.2, 0) is 10.0 Å². The van der Waals surface area contributed by atoms with Crippen molar-refractivity contribution in [1.82, 2.24) is 10.0 Å². The number of halogens is 1. The van der Waals surface area contributed by atoms with Gasteiger partial charge in [0.05, 0.1) is 6.54 Å². The zero-order valence-corrected chi connectivity index (χ0v) is 13.0. The van der Waals surface area contributed by atoms with Crippen LogP contribution in [0, 0.1) is 5.82 Å². The van der Waals surface area contributed by atoms with Gasteiger partial charge < -0.3 is 14.5 Å². The molecule has 9 heteroatoms. The molecule has 124 valence electrons. The van der Waals surface area contributed by atoms with Crippen LogP contribution in [0.25, 0.3) is 0 Å². The van der Waals surface area contributed by atoms with E-state index >= 15 is 0 Å². The van der Waals surface area contributed by atoms with E-state index in [1.54, 1.807) is 0 Å². The van der Waals surface area contributed by atoms with Crippen molar-refractivity contribution in [3.63, 3.8) is 0 Å². The molecule has 0 aliphatic rings. The Bertz CT molecular complexity index is 771. The van der Waals surface area contributed by atoms with Gasteiger partial charge in [-0.05, 0) is 43.4 Å². The molecule has 0 fully saturated rings. The fourth-order valence-electron chi connectivity index (χ4n) is 1.64. The molecule has 2 aromatic rings. The van der Waals surface area contributed by atoms with Crippen LogP contribution in [0.1, 0.15) is 10.6 Å². The smallest absolute Gasteiger partial charge is 0.287 e. The van der Waals surface area contributed by atoms with Crippen molar-refractivity contribution in [1.29, 1.82) is 0 Å². The minimum absolute atomic E-state index is 0.124. The number of benzene rings is 1. The van der Waals surface area contributed by atoms with Gasteiger partial charge in [-0.2, -0.15) is 0 Å². The Hall–Kier alpha value is -2.39. The topological polar surface area (TPSA) is 97.6 Å². The summed E-state index contributed by atoms with van der Waals surface area (Å²) in [4.78, 5) is 11.8. The summed E-state index contributed by atoms with van der Waals surface area (Å²) in [6.07, 6.45) is 0. The van der Waals surface area contributed by atoms with Crippen molar-refractivity contribution in [3.8, 4) is 5.75 Å². The van der Waals surface area contributed by atoms with E-state index in [4.69, 9.17) is 9.15 Å². The van der Waals surface area contributed by atoms with Crippen LogP contribution in [0.5, 0.6) is 5.75 Å². The van der Waals surface area contributed by atoms with Gasteiger partial charge >= 0.3 is 0 Å². The highest BCUT2D eigenvalue weighted by atomic mass is 32.2. The largest absolute Gasteiger partial charge is 0.492 e. The quantitative estimate of drug-likeness (QED) is 0.735. The Kier molecular flexibility index (Phi) is 5.35. The maximum absolute atomic E-state index is 12.7. The van der Waals surface area contributed by atoms with E-state index in [1.165, 1.54) is 43.4 Å². The first kappa shape index (κ1) is 17.0. The molecule has 1 heterocycles. The molecule has 7 nitrogen and oxygen atoms in total. The van der Waals surface area contributed by atoms with Crippen LogP contribution in [0.4, 0.5) is 4.39 Å². The number of nitrogens with one attached hydrogen (secondary N) is 2. The van der Waals surface area contributed by atoms with Gasteiger partial charge in [-0.15, -0.1) is 0 Å². The average molecular weight is 342 g/mol. The van der Waals surface area contributed by atoms with E-state index in [0.29, 0.717) is 5.75 Å². The van der Waals surface area contributed by atoms with Gasteiger partial charge in [0.2, 0.25) is 5.09 Å². The lowest BCUT2D eigenvalue weighted by atomic mass is 10.3. The normalized spacial score (nSPS) is 11.2. The monoisotopic (exact) mass is 342 g/mol. The predicted molar refractivity (Wildman–Crippen MR) is 79.2 cm³/mol. The summed E-state index contributed by atoms with van der Waals surface area (Å²) in [6, 6.07) is 7.92. The Morgan fingerprint density at radius 2 is 1.91 bits per heavy atom. The van der Waals surface area contributed by atoms with Crippen LogP contribution in [-0.4, -0.2) is 34.5 Å². The van der Waals surface area contributed by atoms with Gasteiger partial charge in [0, 0.05) is 0 Å². The number of ether oxygens (including phenoxy) is 1. The molecule has 2 rings (SSSR count). The Morgan fingerprint density at radius 1 is 1.22 bits per heavy atom. The fourth-order valence-corrected chi connectivity index (χ4v) is 2.29. The summed E-state index contributed by atoms with van der Waals surface area (Å²) >= 11 is 0. The highest BCUT2D eigenvalue weighted by Gasteiger charge is 2.19. The number of rotatable bonds is 7. The molecule has 2 N–H and O–H groups in total. The van der Waals surface area contributed by atoms with Crippen molar-refractivity contribution in [2.24, 2.45) is 0 Å². The Balaban J connectivity index is 1.82. The second kappa shape index (κ2) is 7.25. The maximum atomic E-state index is 12.7. The van der Waals surface area contributed by atoms with Crippen LogP contribution < -0.4 is 14.8 Å². The third kappa shape index (κ3) is 4.54. The van der Waals surface area contributed by atoms with Crippen molar-refractivity contribution in [2.45, 2.75) is 5.09 Å². The van der Waals surface area contributed by atoms with Crippen LogP contribution in [0.15, 0.2) is 45.9 Å². The maximum Gasteiger partial charge on any atom is 0.287 e. The summed E-state index contributed by atoms with van der Waals surface area (Å²) in [5.74, 6) is -0.581. The van der Waals surface area contributed by atoms with Crippen molar-refractivity contribution >= 4 is 15.9 Å². The van der Waals surface area contributed by atoms with Crippen LogP contribution in [0.2, 0.25) is 0 Å². The third-order valence-corrected chi connectivity index (χ3v) is 4.10. The van der Waals surface area contributed by atoms with Crippen molar-refractivity contribution in [3.05, 3.63) is 48.0 Å². The van der Waals surface area contributed by atoms with Crippen molar-refractivity contribution < 1.29 is 26.8 Å². The molecule has 1 aromatic carbocycles. The molecule has 0 saturated heterocycles. The standard InChI is InChI=1S/C14H15FN2O5S/c1-16-23(19,20)13-7-6-12(22-13)14(18)17-8-9-21-11-4-2-10(15)3-5-11/h2-7,16H,8-9H2,1H3,(H,17,18). The van der Waals surface area contributed by atoms with Gasteiger partial charge in [0.15, 0.2) is 5.76 Å². The summed E-state index contributed by atoms with van der Waals surface area (Å²) in [5.41, 5.74) is 0. The average Bonchev–Trinajstić information content (AvgIpc) is 3.04. The molecule has 0 radical (unpaired) electrons. The number of sulfonamides is 1. The number of amides is 1. The number of furan rings is 1. The molecule has 0 spiro atoms. The van der Waals surface area contributed by atoms with E-state index in [9.17, 15) is 17.6 Å². The summed E-state index contributed by atoms with van der Waals surface area (Å²) < 4.78 is 48.1. The SMILES string of the molecule is CNS(=O)(=O)c1ccc(C(=O)NCCOc2ccc(F)cc2)o1. The lowest BCUT2D eigenvalue weighted by Crippen LogP contribution is -2.27. The highest BCUT2D eigenvalue weighted by Crippen LogP contribution is 2.13. The lowest BCUT2D eigenvalue weighted by Gasteiger charge is -2.06. The minimum atomic E-state index is -3.73. The molecule has 0 bridgehead atoms. The molecule has 23 heavy (non-hydrogen) atoms. The molecule has 1 amide bonds. The predicted octanol–water partition coefficient (Wildman–Crippen LogP) is 1.14. The fraction of sp³-hybridized carbons (Fsp3) is 0.214. The van der Waals surface area contributed by atoms with Crippen LogP contribution >= 0.6 is 0 Å². The first-order valence-corrected chi connectivity index (χ1v) is 8.10. The molecular weight excluding hydrogens is 327 g/mol. The molecule has 0 aliphatic carbocycles. The molecule has 0 saturated carbocycles. The summed E-state index contributed by atoms with van der Waals surface area (Å²) in [6.45, 7) is 0.338. The number of carbonyl (C=O) groups is 1. The second-order valence-corrected chi connectivity index (χ2v) is 6.20. The minimum Gasteiger partial charge on any atom is -0.492 e. The van der Waals surface area contributed by atoms with Gasteiger partial charge in [0.1, 0.15) is 18.2 Å². The van der Waals surface area contributed by atoms with E-state index < -0.39 is 15.9 Å².